The van der Waals surface area contributed by atoms with E-state index in [1.54, 1.807) is 4.90 Å². The van der Waals surface area contributed by atoms with Gasteiger partial charge in [-0.3, -0.25) is 9.69 Å². The third kappa shape index (κ3) is 5.70. The number of nitrogens with zero attached hydrogens (tertiary/aromatic N) is 3. The van der Waals surface area contributed by atoms with Crippen molar-refractivity contribution in [1.29, 1.82) is 0 Å². The molecule has 0 aliphatic carbocycles. The number of carboxylic acids is 1. The van der Waals surface area contributed by atoms with Crippen LogP contribution in [0.1, 0.15) is 63.4 Å². The third-order valence-electron chi connectivity index (χ3n) is 6.13. The molecular formula is C22H30F3N3O4. The first-order valence-corrected chi connectivity index (χ1v) is 10.8. The molecule has 1 N–H and O–H groups in total. The van der Waals surface area contributed by atoms with Crippen LogP contribution in [0.5, 0.6) is 0 Å². The monoisotopic (exact) mass is 457 g/mol. The van der Waals surface area contributed by atoms with Crippen LogP contribution in [0.2, 0.25) is 0 Å². The van der Waals surface area contributed by atoms with Crippen LogP contribution in [0.4, 0.5) is 18.0 Å². The standard InChI is InChI=1S/C22H30F3N3O4/c1-20(2,3)32-19(31)27-11-8-21(9-12-27)7-4-10-28(21)14-15-5-6-17(22(23,24)25)26-16(15)13-18(29)30/h5-6H,4,7-14H2,1-3H3,(H,29,30). The van der Waals surface area contributed by atoms with Gasteiger partial charge in [-0.15, -0.1) is 0 Å². The second kappa shape index (κ2) is 8.88. The number of rotatable bonds is 4. The van der Waals surface area contributed by atoms with E-state index in [-0.39, 0.29) is 17.3 Å². The number of carbonyl (C=O) groups excluding carboxylic acids is 1. The summed E-state index contributed by atoms with van der Waals surface area (Å²) in [7, 11) is 0. The Bertz CT molecular complexity index is 859. The summed E-state index contributed by atoms with van der Waals surface area (Å²) in [5.41, 5.74) is -1.38. The smallest absolute Gasteiger partial charge is 0.433 e. The maximum atomic E-state index is 13.1. The minimum atomic E-state index is -4.63. The normalized spacial score (nSPS) is 19.4. The molecule has 3 rings (SSSR count). The molecule has 0 aromatic carbocycles. The van der Waals surface area contributed by atoms with Crippen molar-refractivity contribution in [3.8, 4) is 0 Å². The molecule has 0 bridgehead atoms. The molecule has 0 saturated carbocycles. The van der Waals surface area contributed by atoms with E-state index in [9.17, 15) is 22.8 Å². The van der Waals surface area contributed by atoms with Gasteiger partial charge in [0.25, 0.3) is 0 Å². The molecule has 7 nitrogen and oxygen atoms in total. The Morgan fingerprint density at radius 3 is 2.34 bits per heavy atom. The highest BCUT2D eigenvalue weighted by Crippen LogP contribution is 2.40. The first-order valence-electron chi connectivity index (χ1n) is 10.8. The van der Waals surface area contributed by atoms with E-state index in [0.717, 1.165) is 38.3 Å². The zero-order chi connectivity index (χ0) is 23.7. The van der Waals surface area contributed by atoms with Crippen LogP contribution in [0, 0.1) is 0 Å². The molecule has 32 heavy (non-hydrogen) atoms. The molecule has 1 spiro atoms. The summed E-state index contributed by atoms with van der Waals surface area (Å²) in [6.07, 6.45) is -2.20. The van der Waals surface area contributed by atoms with Crippen molar-refractivity contribution < 1.29 is 32.6 Å². The number of aromatic nitrogens is 1. The molecule has 0 unspecified atom stereocenters. The van der Waals surface area contributed by atoms with Crippen molar-refractivity contribution in [2.75, 3.05) is 19.6 Å². The number of halogens is 3. The van der Waals surface area contributed by atoms with Gasteiger partial charge in [0, 0.05) is 25.2 Å². The lowest BCUT2D eigenvalue weighted by Gasteiger charge is -2.45. The predicted molar refractivity (Wildman–Crippen MR) is 110 cm³/mol. The van der Waals surface area contributed by atoms with Crippen LogP contribution in [0.3, 0.4) is 0 Å². The maximum absolute atomic E-state index is 13.1. The van der Waals surface area contributed by atoms with Gasteiger partial charge in [0.15, 0.2) is 0 Å². The summed E-state index contributed by atoms with van der Waals surface area (Å²) in [5, 5.41) is 9.17. The molecular weight excluding hydrogens is 427 g/mol. The lowest BCUT2D eigenvalue weighted by molar-refractivity contribution is -0.142. The van der Waals surface area contributed by atoms with Crippen molar-refractivity contribution in [3.05, 3.63) is 29.1 Å². The quantitative estimate of drug-likeness (QED) is 0.733. The number of carboxylic acid groups (broad SMARTS) is 1. The minimum absolute atomic E-state index is 0.0550. The number of likely N-dealkylation sites (tertiary alicyclic amines) is 2. The van der Waals surface area contributed by atoms with Crippen LogP contribution in [-0.2, 0) is 28.7 Å². The van der Waals surface area contributed by atoms with Crippen molar-refractivity contribution in [3.63, 3.8) is 0 Å². The molecule has 2 fully saturated rings. The summed E-state index contributed by atoms with van der Waals surface area (Å²) in [6, 6.07) is 2.25. The minimum Gasteiger partial charge on any atom is -0.481 e. The molecule has 1 aromatic rings. The molecule has 1 aromatic heterocycles. The number of hydrogen-bond acceptors (Lipinski definition) is 5. The summed E-state index contributed by atoms with van der Waals surface area (Å²) in [4.78, 5) is 31.2. The van der Waals surface area contributed by atoms with Crippen molar-refractivity contribution >= 4 is 12.1 Å². The highest BCUT2D eigenvalue weighted by molar-refractivity contribution is 5.70. The van der Waals surface area contributed by atoms with Gasteiger partial charge in [0.05, 0.1) is 12.1 Å². The number of hydrogen-bond donors (Lipinski definition) is 1. The number of amides is 1. The van der Waals surface area contributed by atoms with Gasteiger partial charge >= 0.3 is 18.2 Å². The molecule has 3 heterocycles. The fraction of sp³-hybridized carbons (Fsp3) is 0.682. The Morgan fingerprint density at radius 2 is 1.78 bits per heavy atom. The van der Waals surface area contributed by atoms with Gasteiger partial charge in [-0.05, 0) is 64.6 Å². The summed E-state index contributed by atoms with van der Waals surface area (Å²) >= 11 is 0. The first-order chi connectivity index (χ1) is 14.8. The molecule has 0 radical (unpaired) electrons. The second-order valence-electron chi connectivity index (χ2n) is 9.59. The topological polar surface area (TPSA) is 83.0 Å². The first kappa shape index (κ1) is 24.3. The van der Waals surface area contributed by atoms with Gasteiger partial charge in [-0.1, -0.05) is 6.07 Å². The number of ether oxygens (including phenoxy) is 1. The van der Waals surface area contributed by atoms with Crippen LogP contribution >= 0.6 is 0 Å². The van der Waals surface area contributed by atoms with Crippen molar-refractivity contribution in [1.82, 2.24) is 14.8 Å². The second-order valence-corrected chi connectivity index (χ2v) is 9.59. The van der Waals surface area contributed by atoms with Crippen LogP contribution in [-0.4, -0.2) is 62.7 Å². The average Bonchev–Trinajstić information content (AvgIpc) is 3.02. The fourth-order valence-electron chi connectivity index (χ4n) is 4.57. The Hall–Kier alpha value is -2.36. The number of pyridine rings is 1. The number of alkyl halides is 3. The Morgan fingerprint density at radius 1 is 1.12 bits per heavy atom. The van der Waals surface area contributed by atoms with Crippen LogP contribution < -0.4 is 0 Å². The zero-order valence-corrected chi connectivity index (χ0v) is 18.7. The highest BCUT2D eigenvalue weighted by Gasteiger charge is 2.44. The Labute approximate surface area is 185 Å². The van der Waals surface area contributed by atoms with Gasteiger partial charge in [-0.25, -0.2) is 9.78 Å². The van der Waals surface area contributed by atoms with E-state index in [2.05, 4.69) is 9.88 Å². The molecule has 1 amide bonds. The van der Waals surface area contributed by atoms with Crippen LogP contribution in [0.25, 0.3) is 0 Å². The third-order valence-corrected chi connectivity index (χ3v) is 6.13. The van der Waals surface area contributed by atoms with E-state index in [0.29, 0.717) is 25.2 Å². The van der Waals surface area contributed by atoms with E-state index in [1.807, 2.05) is 20.8 Å². The fourth-order valence-corrected chi connectivity index (χ4v) is 4.57. The molecule has 2 aliphatic heterocycles. The van der Waals surface area contributed by atoms with Crippen molar-refractivity contribution in [2.24, 2.45) is 0 Å². The van der Waals surface area contributed by atoms with Gasteiger partial charge < -0.3 is 14.7 Å². The molecule has 0 atom stereocenters. The van der Waals surface area contributed by atoms with E-state index >= 15 is 0 Å². The largest absolute Gasteiger partial charge is 0.481 e. The summed E-state index contributed by atoms with van der Waals surface area (Å²) in [6.45, 7) is 7.64. The van der Waals surface area contributed by atoms with Gasteiger partial charge in [0.1, 0.15) is 11.3 Å². The average molecular weight is 457 g/mol. The lowest BCUT2D eigenvalue weighted by Crippen LogP contribution is -2.53. The SMILES string of the molecule is CC(C)(C)OC(=O)N1CCC2(CCCN2Cc2ccc(C(F)(F)F)nc2CC(=O)O)CC1. The van der Waals surface area contributed by atoms with E-state index in [1.165, 1.54) is 6.07 Å². The molecule has 2 saturated heterocycles. The molecule has 2 aliphatic rings. The Kier molecular flexibility index (Phi) is 6.74. The maximum Gasteiger partial charge on any atom is 0.433 e. The molecule has 10 heteroatoms. The highest BCUT2D eigenvalue weighted by atomic mass is 19.4. The summed E-state index contributed by atoms with van der Waals surface area (Å²) < 4.78 is 44.7. The predicted octanol–water partition coefficient (Wildman–Crippen LogP) is 4.09. The zero-order valence-electron chi connectivity index (χ0n) is 18.7. The number of carbonyl (C=O) groups is 2. The Balaban J connectivity index is 1.74. The number of piperidine rings is 1. The van der Waals surface area contributed by atoms with Gasteiger partial charge in [-0.2, -0.15) is 13.2 Å². The van der Waals surface area contributed by atoms with Crippen molar-refractivity contribution in [2.45, 2.75) is 76.7 Å². The summed E-state index contributed by atoms with van der Waals surface area (Å²) in [5.74, 6) is -1.22. The van der Waals surface area contributed by atoms with E-state index < -0.39 is 29.9 Å². The van der Waals surface area contributed by atoms with Crippen LogP contribution in [0.15, 0.2) is 12.1 Å². The van der Waals surface area contributed by atoms with E-state index in [4.69, 9.17) is 9.84 Å². The lowest BCUT2D eigenvalue weighted by atomic mass is 9.84. The number of aliphatic carboxylic acids is 1. The molecule has 178 valence electrons. The van der Waals surface area contributed by atoms with Gasteiger partial charge in [0.2, 0.25) is 0 Å².